The molecule has 1 heterocycles. The fourth-order valence-corrected chi connectivity index (χ4v) is 1.69. The molecule has 0 radical (unpaired) electrons. The van der Waals surface area contributed by atoms with Gasteiger partial charge in [-0.1, -0.05) is 11.6 Å². The van der Waals surface area contributed by atoms with E-state index < -0.39 is 5.79 Å². The smallest absolute Gasteiger partial charge is 0.163 e. The molecule has 0 bridgehead atoms. The number of hydrogen-bond acceptors (Lipinski definition) is 3. The average Bonchev–Trinajstić information content (AvgIpc) is 2.58. The Morgan fingerprint density at radius 2 is 2.06 bits per heavy atom. The third kappa shape index (κ3) is 3.11. The van der Waals surface area contributed by atoms with Crippen LogP contribution in [0.15, 0.2) is 24.3 Å². The summed E-state index contributed by atoms with van der Waals surface area (Å²) in [5, 5.41) is 0.703. The highest BCUT2D eigenvalue weighted by atomic mass is 35.5. The molecule has 88 valence electrons. The SMILES string of the molecule is CC1(C)OCC(COc2ccc(Cl)cc2)O1. The van der Waals surface area contributed by atoms with Crippen molar-refractivity contribution in [3.63, 3.8) is 0 Å². The molecule has 2 rings (SSSR count). The maximum atomic E-state index is 5.78. The lowest BCUT2D eigenvalue weighted by molar-refractivity contribution is -0.141. The van der Waals surface area contributed by atoms with Crippen LogP contribution in [0.2, 0.25) is 5.02 Å². The predicted octanol–water partition coefficient (Wildman–Crippen LogP) is 2.87. The number of rotatable bonds is 3. The monoisotopic (exact) mass is 242 g/mol. The molecule has 16 heavy (non-hydrogen) atoms. The Bertz CT molecular complexity index is 348. The normalized spacial score (nSPS) is 23.3. The fraction of sp³-hybridized carbons (Fsp3) is 0.500. The quantitative estimate of drug-likeness (QED) is 0.816. The van der Waals surface area contributed by atoms with Crippen molar-refractivity contribution in [1.29, 1.82) is 0 Å². The largest absolute Gasteiger partial charge is 0.491 e. The van der Waals surface area contributed by atoms with E-state index in [1.54, 1.807) is 12.1 Å². The number of ether oxygens (including phenoxy) is 3. The molecule has 0 aromatic heterocycles. The van der Waals surface area contributed by atoms with Crippen molar-refractivity contribution in [3.8, 4) is 5.75 Å². The fourth-order valence-electron chi connectivity index (χ4n) is 1.57. The van der Waals surface area contributed by atoms with E-state index in [-0.39, 0.29) is 6.10 Å². The van der Waals surface area contributed by atoms with Crippen LogP contribution < -0.4 is 4.74 Å². The van der Waals surface area contributed by atoms with E-state index in [4.69, 9.17) is 25.8 Å². The summed E-state index contributed by atoms with van der Waals surface area (Å²) in [5.74, 6) is 0.298. The van der Waals surface area contributed by atoms with Gasteiger partial charge in [-0.3, -0.25) is 0 Å². The van der Waals surface area contributed by atoms with Gasteiger partial charge < -0.3 is 14.2 Å². The summed E-state index contributed by atoms with van der Waals surface area (Å²) >= 11 is 5.78. The van der Waals surface area contributed by atoms with Crippen LogP contribution in [0.3, 0.4) is 0 Å². The number of hydrogen-bond donors (Lipinski definition) is 0. The molecule has 1 saturated heterocycles. The van der Waals surface area contributed by atoms with E-state index in [0.717, 1.165) is 5.75 Å². The molecule has 0 spiro atoms. The summed E-state index contributed by atoms with van der Waals surface area (Å²) in [6, 6.07) is 7.27. The summed E-state index contributed by atoms with van der Waals surface area (Å²) in [4.78, 5) is 0. The Hall–Kier alpha value is -0.770. The van der Waals surface area contributed by atoms with Crippen molar-refractivity contribution in [3.05, 3.63) is 29.3 Å². The predicted molar refractivity (Wildman–Crippen MR) is 61.9 cm³/mol. The first-order valence-electron chi connectivity index (χ1n) is 5.25. The van der Waals surface area contributed by atoms with Crippen molar-refractivity contribution >= 4 is 11.6 Å². The van der Waals surface area contributed by atoms with E-state index >= 15 is 0 Å². The first-order valence-corrected chi connectivity index (χ1v) is 5.63. The maximum absolute atomic E-state index is 5.78. The number of halogens is 1. The topological polar surface area (TPSA) is 27.7 Å². The molecule has 0 aliphatic carbocycles. The van der Waals surface area contributed by atoms with Gasteiger partial charge in [0.05, 0.1) is 6.61 Å². The average molecular weight is 243 g/mol. The van der Waals surface area contributed by atoms with Gasteiger partial charge in [0, 0.05) is 5.02 Å². The van der Waals surface area contributed by atoms with E-state index in [2.05, 4.69) is 0 Å². The van der Waals surface area contributed by atoms with Crippen molar-refractivity contribution in [2.24, 2.45) is 0 Å². The van der Waals surface area contributed by atoms with Crippen molar-refractivity contribution in [1.82, 2.24) is 0 Å². The van der Waals surface area contributed by atoms with Crippen LogP contribution in [0.5, 0.6) is 5.75 Å². The minimum atomic E-state index is -0.492. The molecule has 1 fully saturated rings. The summed E-state index contributed by atoms with van der Waals surface area (Å²) in [6.45, 7) is 4.86. The molecule has 1 aromatic rings. The Labute approximate surface area is 100 Å². The van der Waals surface area contributed by atoms with Gasteiger partial charge in [-0.2, -0.15) is 0 Å². The van der Waals surface area contributed by atoms with Crippen LogP contribution in [-0.2, 0) is 9.47 Å². The lowest BCUT2D eigenvalue weighted by atomic mass is 10.3. The second-order valence-electron chi connectivity index (χ2n) is 4.22. The zero-order valence-corrected chi connectivity index (χ0v) is 10.2. The van der Waals surface area contributed by atoms with Gasteiger partial charge in [-0.25, -0.2) is 0 Å². The summed E-state index contributed by atoms with van der Waals surface area (Å²) < 4.78 is 16.6. The lowest BCUT2D eigenvalue weighted by Crippen LogP contribution is -2.25. The van der Waals surface area contributed by atoms with Crippen LogP contribution in [0.4, 0.5) is 0 Å². The molecule has 1 atom stereocenters. The molecule has 1 aromatic carbocycles. The highest BCUT2D eigenvalue weighted by Gasteiger charge is 2.32. The molecule has 1 aliphatic heterocycles. The summed E-state index contributed by atoms with van der Waals surface area (Å²) in [7, 11) is 0. The van der Waals surface area contributed by atoms with Crippen LogP contribution in [0.1, 0.15) is 13.8 Å². The van der Waals surface area contributed by atoms with Gasteiger partial charge in [0.1, 0.15) is 18.5 Å². The summed E-state index contributed by atoms with van der Waals surface area (Å²) in [6.07, 6.45) is -0.00863. The van der Waals surface area contributed by atoms with Crippen molar-refractivity contribution in [2.45, 2.75) is 25.7 Å². The van der Waals surface area contributed by atoms with Gasteiger partial charge in [0.25, 0.3) is 0 Å². The molecule has 4 heteroatoms. The zero-order valence-electron chi connectivity index (χ0n) is 9.40. The second kappa shape index (κ2) is 4.62. The Morgan fingerprint density at radius 1 is 1.38 bits per heavy atom. The zero-order chi connectivity index (χ0) is 11.6. The van der Waals surface area contributed by atoms with Gasteiger partial charge in [0.15, 0.2) is 5.79 Å². The van der Waals surface area contributed by atoms with Gasteiger partial charge in [-0.05, 0) is 38.1 Å². The Balaban J connectivity index is 1.82. The van der Waals surface area contributed by atoms with Crippen molar-refractivity contribution in [2.75, 3.05) is 13.2 Å². The molecule has 1 aliphatic rings. The highest BCUT2D eigenvalue weighted by molar-refractivity contribution is 6.30. The molecule has 3 nitrogen and oxygen atoms in total. The Kier molecular flexibility index (Phi) is 3.38. The lowest BCUT2D eigenvalue weighted by Gasteiger charge is -2.17. The third-order valence-electron chi connectivity index (χ3n) is 2.32. The molecule has 0 N–H and O–H groups in total. The van der Waals surface area contributed by atoms with Crippen LogP contribution in [0.25, 0.3) is 0 Å². The van der Waals surface area contributed by atoms with E-state index in [9.17, 15) is 0 Å². The first kappa shape index (κ1) is 11.7. The summed E-state index contributed by atoms with van der Waals surface area (Å²) in [5.41, 5.74) is 0. The van der Waals surface area contributed by atoms with Crippen molar-refractivity contribution < 1.29 is 14.2 Å². The van der Waals surface area contributed by atoms with E-state index in [1.807, 2.05) is 26.0 Å². The second-order valence-corrected chi connectivity index (χ2v) is 4.65. The molecule has 0 saturated carbocycles. The molecular weight excluding hydrogens is 228 g/mol. The standard InChI is InChI=1S/C12H15ClO3/c1-12(2)15-8-11(16-12)7-14-10-5-3-9(13)4-6-10/h3-6,11H,7-8H2,1-2H3. The molecular formula is C12H15ClO3. The molecule has 1 unspecified atom stereocenters. The van der Waals surface area contributed by atoms with E-state index in [0.29, 0.717) is 18.2 Å². The van der Waals surface area contributed by atoms with E-state index in [1.165, 1.54) is 0 Å². The van der Waals surface area contributed by atoms with Crippen LogP contribution in [-0.4, -0.2) is 25.1 Å². The minimum Gasteiger partial charge on any atom is -0.491 e. The van der Waals surface area contributed by atoms with Crippen LogP contribution in [0, 0.1) is 0 Å². The first-order chi connectivity index (χ1) is 7.55. The molecule has 0 amide bonds. The third-order valence-corrected chi connectivity index (χ3v) is 2.57. The van der Waals surface area contributed by atoms with Gasteiger partial charge in [-0.15, -0.1) is 0 Å². The maximum Gasteiger partial charge on any atom is 0.163 e. The van der Waals surface area contributed by atoms with Gasteiger partial charge in [0.2, 0.25) is 0 Å². The highest BCUT2D eigenvalue weighted by Crippen LogP contribution is 2.23. The minimum absolute atomic E-state index is 0.00863. The Morgan fingerprint density at radius 3 is 2.62 bits per heavy atom. The van der Waals surface area contributed by atoms with Crippen LogP contribution >= 0.6 is 11.6 Å². The number of benzene rings is 1. The van der Waals surface area contributed by atoms with Gasteiger partial charge >= 0.3 is 0 Å².